The van der Waals surface area contributed by atoms with Crippen LogP contribution in [0.15, 0.2) is 18.2 Å². The topological polar surface area (TPSA) is 116 Å². The average molecular weight is 416 g/mol. The zero-order chi connectivity index (χ0) is 21.8. The lowest BCUT2D eigenvalue weighted by atomic mass is 10.1. The van der Waals surface area contributed by atoms with E-state index in [0.29, 0.717) is 41.7 Å². The summed E-state index contributed by atoms with van der Waals surface area (Å²) in [5, 5.41) is 2.68. The number of carbonyl (C=O) groups is 3. The summed E-state index contributed by atoms with van der Waals surface area (Å²) in [7, 11) is 0. The van der Waals surface area contributed by atoms with Crippen LogP contribution in [0.3, 0.4) is 0 Å². The molecule has 1 aliphatic rings. The van der Waals surface area contributed by atoms with Gasteiger partial charge in [0.15, 0.2) is 17.6 Å². The number of aromatic amines is 1. The quantitative estimate of drug-likeness (QED) is 0.696. The average Bonchev–Trinajstić information content (AvgIpc) is 3.02. The molecule has 0 saturated heterocycles. The number of ether oxygens (including phenoxy) is 4. The van der Waals surface area contributed by atoms with Crippen LogP contribution in [0.2, 0.25) is 0 Å². The highest BCUT2D eigenvalue weighted by Crippen LogP contribution is 2.32. The van der Waals surface area contributed by atoms with E-state index >= 15 is 0 Å². The van der Waals surface area contributed by atoms with Crippen LogP contribution in [-0.2, 0) is 14.3 Å². The van der Waals surface area contributed by atoms with Gasteiger partial charge in [-0.2, -0.15) is 0 Å². The largest absolute Gasteiger partial charge is 0.486 e. The first-order valence-electron chi connectivity index (χ1n) is 9.59. The Morgan fingerprint density at radius 3 is 2.53 bits per heavy atom. The maximum atomic E-state index is 12.6. The molecule has 2 aromatic rings. The van der Waals surface area contributed by atoms with Gasteiger partial charge in [-0.1, -0.05) is 0 Å². The van der Waals surface area contributed by atoms with Crippen LogP contribution in [-0.4, -0.2) is 48.8 Å². The van der Waals surface area contributed by atoms with E-state index in [-0.39, 0.29) is 17.9 Å². The smallest absolute Gasteiger partial charge is 0.355 e. The number of fused-ring (bicyclic) bond motifs is 1. The Bertz CT molecular complexity index is 980. The first-order chi connectivity index (χ1) is 14.3. The number of rotatable bonds is 6. The van der Waals surface area contributed by atoms with Crippen molar-refractivity contribution in [2.45, 2.75) is 33.8 Å². The number of hydrogen-bond acceptors (Lipinski definition) is 7. The number of H-pyrrole nitrogens is 1. The van der Waals surface area contributed by atoms with Gasteiger partial charge in [0.05, 0.1) is 12.2 Å². The fraction of sp³-hybridized carbons (Fsp3) is 0.381. The number of aryl methyl sites for hydroxylation is 1. The summed E-state index contributed by atoms with van der Waals surface area (Å²) < 4.78 is 21.2. The van der Waals surface area contributed by atoms with Crippen LogP contribution >= 0.6 is 0 Å². The molecule has 0 fully saturated rings. The molecule has 0 spiro atoms. The molecule has 0 bridgehead atoms. The molecular formula is C21H24N2O7. The molecule has 1 aromatic heterocycles. The van der Waals surface area contributed by atoms with E-state index in [1.807, 2.05) is 0 Å². The molecule has 160 valence electrons. The highest BCUT2D eigenvalue weighted by molar-refractivity contribution is 6.01. The van der Waals surface area contributed by atoms with Gasteiger partial charge in [-0.3, -0.25) is 4.79 Å². The summed E-state index contributed by atoms with van der Waals surface area (Å²) in [6.07, 6.45) is -1.06. The Balaban J connectivity index is 1.67. The predicted molar refractivity (Wildman–Crippen MR) is 107 cm³/mol. The second-order valence-electron chi connectivity index (χ2n) is 6.74. The van der Waals surface area contributed by atoms with E-state index in [9.17, 15) is 14.4 Å². The van der Waals surface area contributed by atoms with Gasteiger partial charge < -0.3 is 29.2 Å². The summed E-state index contributed by atoms with van der Waals surface area (Å²) in [6.45, 7) is 7.55. The van der Waals surface area contributed by atoms with Crippen molar-refractivity contribution < 1.29 is 33.3 Å². The van der Waals surface area contributed by atoms with E-state index in [4.69, 9.17) is 18.9 Å². The van der Waals surface area contributed by atoms with Crippen molar-refractivity contribution in [3.8, 4) is 11.5 Å². The molecule has 9 nitrogen and oxygen atoms in total. The van der Waals surface area contributed by atoms with E-state index < -0.39 is 23.9 Å². The molecule has 0 unspecified atom stereocenters. The lowest BCUT2D eigenvalue weighted by molar-refractivity contribution is -0.123. The van der Waals surface area contributed by atoms with E-state index in [1.54, 1.807) is 39.0 Å². The Labute approximate surface area is 173 Å². The molecule has 1 amide bonds. The van der Waals surface area contributed by atoms with E-state index in [0.717, 1.165) is 0 Å². The Morgan fingerprint density at radius 2 is 1.83 bits per heavy atom. The van der Waals surface area contributed by atoms with Crippen molar-refractivity contribution in [1.82, 2.24) is 4.98 Å². The second kappa shape index (κ2) is 8.89. The Kier molecular flexibility index (Phi) is 6.29. The standard InChI is InChI=1S/C21H24N2O7/c1-5-27-21(26)18-11(2)17(12(3)22-18)20(25)30-13(4)19(24)23-14-6-7-15-16(10-14)29-9-8-28-15/h6-7,10,13,22H,5,8-9H2,1-4H3,(H,23,24)/t13-/m0/s1. The third kappa shape index (κ3) is 4.40. The summed E-state index contributed by atoms with van der Waals surface area (Å²) in [6, 6.07) is 5.02. The lowest BCUT2D eigenvalue weighted by Crippen LogP contribution is -2.30. The third-order valence-electron chi connectivity index (χ3n) is 4.58. The summed E-state index contributed by atoms with van der Waals surface area (Å²) in [5.41, 5.74) is 1.76. The Morgan fingerprint density at radius 1 is 1.13 bits per heavy atom. The zero-order valence-corrected chi connectivity index (χ0v) is 17.3. The normalized spacial score (nSPS) is 13.3. The fourth-order valence-corrected chi connectivity index (χ4v) is 3.10. The van der Waals surface area contributed by atoms with Gasteiger partial charge >= 0.3 is 11.9 Å². The van der Waals surface area contributed by atoms with E-state index in [1.165, 1.54) is 6.92 Å². The summed E-state index contributed by atoms with van der Waals surface area (Å²) in [4.78, 5) is 40.0. The van der Waals surface area contributed by atoms with Gasteiger partial charge in [0.1, 0.15) is 18.9 Å². The first-order valence-corrected chi connectivity index (χ1v) is 9.59. The van der Waals surface area contributed by atoms with Gasteiger partial charge in [-0.25, -0.2) is 9.59 Å². The molecular weight excluding hydrogens is 392 g/mol. The van der Waals surface area contributed by atoms with Crippen LogP contribution in [0.1, 0.15) is 46.0 Å². The van der Waals surface area contributed by atoms with Crippen LogP contribution in [0.25, 0.3) is 0 Å². The predicted octanol–water partition coefficient (Wildman–Crippen LogP) is 2.76. The number of hydrogen-bond donors (Lipinski definition) is 2. The van der Waals surface area contributed by atoms with Crippen LogP contribution in [0.4, 0.5) is 5.69 Å². The minimum atomic E-state index is -1.06. The Hall–Kier alpha value is -3.49. The van der Waals surface area contributed by atoms with Crippen LogP contribution < -0.4 is 14.8 Å². The third-order valence-corrected chi connectivity index (χ3v) is 4.58. The maximum Gasteiger partial charge on any atom is 0.355 e. The number of carbonyl (C=O) groups excluding carboxylic acids is 3. The van der Waals surface area contributed by atoms with Crippen molar-refractivity contribution in [2.24, 2.45) is 0 Å². The molecule has 9 heteroatoms. The molecule has 1 aromatic carbocycles. The first kappa shape index (κ1) is 21.2. The van der Waals surface area contributed by atoms with Crippen molar-refractivity contribution in [2.75, 3.05) is 25.1 Å². The second-order valence-corrected chi connectivity index (χ2v) is 6.74. The molecule has 2 heterocycles. The van der Waals surface area contributed by atoms with Gasteiger partial charge in [-0.15, -0.1) is 0 Å². The van der Waals surface area contributed by atoms with Crippen LogP contribution in [0.5, 0.6) is 11.5 Å². The van der Waals surface area contributed by atoms with E-state index in [2.05, 4.69) is 10.3 Å². The number of nitrogens with one attached hydrogen (secondary N) is 2. The van der Waals surface area contributed by atoms with Crippen molar-refractivity contribution in [3.63, 3.8) is 0 Å². The molecule has 0 radical (unpaired) electrons. The monoisotopic (exact) mass is 416 g/mol. The van der Waals surface area contributed by atoms with Crippen LogP contribution in [0, 0.1) is 13.8 Å². The summed E-state index contributed by atoms with van der Waals surface area (Å²) in [5.74, 6) is -0.622. The number of benzene rings is 1. The fourth-order valence-electron chi connectivity index (χ4n) is 3.10. The van der Waals surface area contributed by atoms with Gasteiger partial charge in [0, 0.05) is 17.4 Å². The highest BCUT2D eigenvalue weighted by Gasteiger charge is 2.27. The molecule has 30 heavy (non-hydrogen) atoms. The molecule has 2 N–H and O–H groups in total. The highest BCUT2D eigenvalue weighted by atomic mass is 16.6. The minimum absolute atomic E-state index is 0.190. The molecule has 1 atom stereocenters. The molecule has 0 saturated carbocycles. The van der Waals surface area contributed by atoms with Crippen molar-refractivity contribution in [3.05, 3.63) is 40.7 Å². The lowest BCUT2D eigenvalue weighted by Gasteiger charge is -2.19. The maximum absolute atomic E-state index is 12.6. The van der Waals surface area contributed by atoms with Gasteiger partial charge in [-0.05, 0) is 45.4 Å². The minimum Gasteiger partial charge on any atom is -0.486 e. The van der Waals surface area contributed by atoms with Crippen molar-refractivity contribution >= 4 is 23.5 Å². The zero-order valence-electron chi connectivity index (χ0n) is 17.3. The number of aromatic nitrogens is 1. The van der Waals surface area contributed by atoms with Gasteiger partial charge in [0.25, 0.3) is 5.91 Å². The SMILES string of the molecule is CCOC(=O)c1[nH]c(C)c(C(=O)O[C@@H](C)C(=O)Nc2ccc3c(c2)OCCO3)c1C. The van der Waals surface area contributed by atoms with Crippen molar-refractivity contribution in [1.29, 1.82) is 0 Å². The number of anilines is 1. The number of esters is 2. The van der Waals surface area contributed by atoms with Gasteiger partial charge in [0.2, 0.25) is 0 Å². The molecule has 0 aliphatic carbocycles. The summed E-state index contributed by atoms with van der Waals surface area (Å²) >= 11 is 0. The number of amides is 1. The molecule has 1 aliphatic heterocycles. The molecule has 3 rings (SSSR count).